The van der Waals surface area contributed by atoms with Crippen molar-refractivity contribution in [1.82, 2.24) is 14.9 Å². The fraction of sp³-hybridized carbons (Fsp3) is 0.615. The van der Waals surface area contributed by atoms with Crippen LogP contribution < -0.4 is 5.32 Å². The molecule has 0 aliphatic carbocycles. The first kappa shape index (κ1) is 13.7. The quantitative estimate of drug-likeness (QED) is 0.844. The summed E-state index contributed by atoms with van der Waals surface area (Å²) < 4.78 is 0. The maximum Gasteiger partial charge on any atom is 0.274 e. The number of nitrogens with one attached hydrogen (secondary N) is 1. The average Bonchev–Trinajstić information content (AvgIpc) is 2.47. The van der Waals surface area contributed by atoms with E-state index in [1.54, 1.807) is 13.2 Å². The lowest BCUT2D eigenvalue weighted by atomic mass is 9.99. The first-order valence-corrected chi connectivity index (χ1v) is 6.68. The van der Waals surface area contributed by atoms with E-state index < -0.39 is 0 Å². The van der Waals surface area contributed by atoms with Crippen LogP contribution in [0.15, 0.2) is 12.4 Å². The molecule has 0 spiro atoms. The average molecular weight is 264 g/mol. The van der Waals surface area contributed by atoms with E-state index >= 15 is 0 Å². The first-order valence-electron chi connectivity index (χ1n) is 6.68. The number of amides is 1. The number of hydrogen-bond donors (Lipinski definition) is 2. The van der Waals surface area contributed by atoms with Gasteiger partial charge >= 0.3 is 0 Å². The van der Waals surface area contributed by atoms with Gasteiger partial charge in [0.2, 0.25) is 0 Å². The number of hydrogen-bond acceptors (Lipinski definition) is 5. The molecule has 0 bridgehead atoms. The maximum absolute atomic E-state index is 12.5. The van der Waals surface area contributed by atoms with Crippen molar-refractivity contribution in [2.24, 2.45) is 0 Å². The van der Waals surface area contributed by atoms with Gasteiger partial charge in [0.25, 0.3) is 5.91 Å². The maximum atomic E-state index is 12.5. The molecule has 1 saturated heterocycles. The van der Waals surface area contributed by atoms with Crippen molar-refractivity contribution < 1.29 is 9.90 Å². The van der Waals surface area contributed by atoms with E-state index in [9.17, 15) is 4.79 Å². The lowest BCUT2D eigenvalue weighted by molar-refractivity contribution is 0.0568. The van der Waals surface area contributed by atoms with E-state index in [-0.39, 0.29) is 18.6 Å². The summed E-state index contributed by atoms with van der Waals surface area (Å²) in [5, 5.41) is 12.0. The van der Waals surface area contributed by atoms with Crippen molar-refractivity contribution in [3.8, 4) is 0 Å². The van der Waals surface area contributed by atoms with Gasteiger partial charge in [0.1, 0.15) is 11.5 Å². The molecule has 1 unspecified atom stereocenters. The van der Waals surface area contributed by atoms with Gasteiger partial charge in [-0.3, -0.25) is 9.78 Å². The summed E-state index contributed by atoms with van der Waals surface area (Å²) in [4.78, 5) is 22.5. The van der Waals surface area contributed by atoms with Crippen LogP contribution in [0.5, 0.6) is 0 Å². The SMILES string of the molecule is CNc1cncc(C(=O)N2CCCCC2CCO)n1. The van der Waals surface area contributed by atoms with E-state index in [4.69, 9.17) is 5.11 Å². The zero-order chi connectivity index (χ0) is 13.7. The van der Waals surface area contributed by atoms with Crippen molar-refractivity contribution in [1.29, 1.82) is 0 Å². The largest absolute Gasteiger partial charge is 0.396 e. The van der Waals surface area contributed by atoms with Crippen molar-refractivity contribution in [2.75, 3.05) is 25.5 Å². The molecule has 1 fully saturated rings. The number of nitrogens with zero attached hydrogens (tertiary/aromatic N) is 3. The molecule has 19 heavy (non-hydrogen) atoms. The molecule has 2 rings (SSSR count). The Kier molecular flexibility index (Phi) is 4.68. The van der Waals surface area contributed by atoms with Gasteiger partial charge in [-0.15, -0.1) is 0 Å². The summed E-state index contributed by atoms with van der Waals surface area (Å²) >= 11 is 0. The molecule has 1 aliphatic rings. The number of anilines is 1. The second kappa shape index (κ2) is 6.47. The number of carbonyl (C=O) groups is 1. The fourth-order valence-electron chi connectivity index (χ4n) is 2.45. The Morgan fingerprint density at radius 2 is 2.37 bits per heavy atom. The van der Waals surface area contributed by atoms with Gasteiger partial charge in [-0.25, -0.2) is 4.98 Å². The highest BCUT2D eigenvalue weighted by molar-refractivity contribution is 5.92. The van der Waals surface area contributed by atoms with Crippen LogP contribution in [-0.2, 0) is 0 Å². The fourth-order valence-corrected chi connectivity index (χ4v) is 2.45. The lowest BCUT2D eigenvalue weighted by Crippen LogP contribution is -2.44. The van der Waals surface area contributed by atoms with Gasteiger partial charge in [-0.2, -0.15) is 0 Å². The molecule has 1 aromatic rings. The summed E-state index contributed by atoms with van der Waals surface area (Å²) in [6.07, 6.45) is 6.77. The first-order chi connectivity index (χ1) is 9.26. The molecule has 1 aromatic heterocycles. The van der Waals surface area contributed by atoms with E-state index in [1.165, 1.54) is 6.20 Å². The molecule has 1 amide bonds. The van der Waals surface area contributed by atoms with Gasteiger partial charge in [-0.05, 0) is 25.7 Å². The number of rotatable bonds is 4. The van der Waals surface area contributed by atoms with Crippen molar-refractivity contribution >= 4 is 11.7 Å². The number of piperidine rings is 1. The molecule has 2 heterocycles. The summed E-state index contributed by atoms with van der Waals surface area (Å²) in [7, 11) is 1.74. The van der Waals surface area contributed by atoms with E-state index in [0.717, 1.165) is 25.8 Å². The molecular formula is C13H20N4O2. The summed E-state index contributed by atoms with van der Waals surface area (Å²) in [6.45, 7) is 0.839. The highest BCUT2D eigenvalue weighted by Gasteiger charge is 2.27. The Hall–Kier alpha value is -1.69. The zero-order valence-electron chi connectivity index (χ0n) is 11.2. The molecule has 1 atom stereocenters. The lowest BCUT2D eigenvalue weighted by Gasteiger charge is -2.35. The van der Waals surface area contributed by atoms with Crippen molar-refractivity contribution in [3.05, 3.63) is 18.1 Å². The van der Waals surface area contributed by atoms with Crippen LogP contribution in [0.4, 0.5) is 5.82 Å². The van der Waals surface area contributed by atoms with Crippen LogP contribution in [0, 0.1) is 0 Å². The Bertz CT molecular complexity index is 436. The van der Waals surface area contributed by atoms with Gasteiger partial charge in [0.05, 0.1) is 12.4 Å². The third-order valence-electron chi connectivity index (χ3n) is 3.46. The monoisotopic (exact) mass is 264 g/mol. The number of likely N-dealkylation sites (tertiary alicyclic amines) is 1. The molecule has 6 nitrogen and oxygen atoms in total. The van der Waals surface area contributed by atoms with Crippen LogP contribution in [0.1, 0.15) is 36.2 Å². The summed E-state index contributed by atoms with van der Waals surface area (Å²) in [5.74, 6) is 0.490. The second-order valence-electron chi connectivity index (χ2n) is 4.70. The Labute approximate surface area is 112 Å². The Balaban J connectivity index is 2.16. The van der Waals surface area contributed by atoms with E-state index in [1.807, 2.05) is 4.90 Å². The predicted molar refractivity (Wildman–Crippen MR) is 72.0 cm³/mol. The Morgan fingerprint density at radius 3 is 3.11 bits per heavy atom. The minimum Gasteiger partial charge on any atom is -0.396 e. The number of carbonyl (C=O) groups excluding carboxylic acids is 1. The van der Waals surface area contributed by atoms with Gasteiger partial charge in [0.15, 0.2) is 0 Å². The highest BCUT2D eigenvalue weighted by atomic mass is 16.3. The molecule has 0 aromatic carbocycles. The molecule has 104 valence electrons. The minimum atomic E-state index is -0.0947. The van der Waals surface area contributed by atoms with Gasteiger partial charge in [0, 0.05) is 26.2 Å². The molecular weight excluding hydrogens is 244 g/mol. The number of aliphatic hydroxyl groups is 1. The van der Waals surface area contributed by atoms with Crippen LogP contribution in [0.25, 0.3) is 0 Å². The van der Waals surface area contributed by atoms with E-state index in [2.05, 4.69) is 15.3 Å². The zero-order valence-corrected chi connectivity index (χ0v) is 11.2. The normalized spacial score (nSPS) is 19.3. The van der Waals surface area contributed by atoms with Crippen LogP contribution in [0.2, 0.25) is 0 Å². The summed E-state index contributed by atoms with van der Waals surface area (Å²) in [6, 6.07) is 0.117. The highest BCUT2D eigenvalue weighted by Crippen LogP contribution is 2.21. The second-order valence-corrected chi connectivity index (χ2v) is 4.70. The molecule has 2 N–H and O–H groups in total. The van der Waals surface area contributed by atoms with E-state index in [0.29, 0.717) is 17.9 Å². The third-order valence-corrected chi connectivity index (χ3v) is 3.46. The molecule has 1 aliphatic heterocycles. The van der Waals surface area contributed by atoms with Crippen molar-refractivity contribution in [3.63, 3.8) is 0 Å². The molecule has 0 saturated carbocycles. The number of aliphatic hydroxyl groups excluding tert-OH is 1. The van der Waals surface area contributed by atoms with Gasteiger partial charge < -0.3 is 15.3 Å². The Morgan fingerprint density at radius 1 is 1.53 bits per heavy atom. The predicted octanol–water partition coefficient (Wildman–Crippen LogP) is 0.895. The van der Waals surface area contributed by atoms with Crippen molar-refractivity contribution in [2.45, 2.75) is 31.7 Å². The van der Waals surface area contributed by atoms with Crippen LogP contribution in [0.3, 0.4) is 0 Å². The topological polar surface area (TPSA) is 78.4 Å². The minimum absolute atomic E-state index is 0.0947. The standard InChI is InChI=1S/C13H20N4O2/c1-14-12-9-15-8-11(16-12)13(19)17-6-3-2-4-10(17)5-7-18/h8-10,18H,2-7H2,1H3,(H,14,16). The number of aromatic nitrogens is 2. The van der Waals surface area contributed by atoms with Gasteiger partial charge in [-0.1, -0.05) is 0 Å². The van der Waals surface area contributed by atoms with Crippen LogP contribution >= 0.6 is 0 Å². The molecule has 6 heteroatoms. The molecule has 0 radical (unpaired) electrons. The third kappa shape index (κ3) is 3.20. The van der Waals surface area contributed by atoms with Crippen LogP contribution in [-0.4, -0.2) is 52.1 Å². The smallest absolute Gasteiger partial charge is 0.274 e. The summed E-state index contributed by atoms with van der Waals surface area (Å²) in [5.41, 5.74) is 0.358.